The van der Waals surface area contributed by atoms with Gasteiger partial charge in [0, 0.05) is 6.42 Å². The van der Waals surface area contributed by atoms with Crippen LogP contribution in [0.4, 0.5) is 0 Å². The van der Waals surface area contributed by atoms with Crippen LogP contribution in [0.1, 0.15) is 17.5 Å². The number of nitrogens with one attached hydrogen (secondary N) is 1. The summed E-state index contributed by atoms with van der Waals surface area (Å²) in [6, 6.07) is 19.3. The normalized spacial score (nSPS) is 11.1. The summed E-state index contributed by atoms with van der Waals surface area (Å²) >= 11 is 3.24. The number of phenolic OH excluding ortho intramolecular Hbond substituents is 1. The Balaban J connectivity index is 1.57. The fourth-order valence-corrected chi connectivity index (χ4v) is 2.99. The number of nitrogens with zero attached hydrogens (tertiary/aromatic N) is 1. The first kappa shape index (κ1) is 17.2. The van der Waals surface area contributed by atoms with Crippen molar-refractivity contribution in [1.29, 1.82) is 0 Å². The van der Waals surface area contributed by atoms with Crippen molar-refractivity contribution in [2.75, 3.05) is 0 Å². The highest BCUT2D eigenvalue weighted by Gasteiger charge is 2.04. The quantitative estimate of drug-likeness (QED) is 0.496. The topological polar surface area (TPSA) is 61.7 Å². The number of halogens is 1. The van der Waals surface area contributed by atoms with Crippen molar-refractivity contribution in [1.82, 2.24) is 5.43 Å². The maximum Gasteiger partial charge on any atom is 0.240 e. The number of hydrogen-bond acceptors (Lipinski definition) is 3. The van der Waals surface area contributed by atoms with Crippen LogP contribution in [0.5, 0.6) is 5.75 Å². The number of aryl methyl sites for hydroxylation is 1. The van der Waals surface area contributed by atoms with E-state index in [-0.39, 0.29) is 11.7 Å². The largest absolute Gasteiger partial charge is 0.507 e. The lowest BCUT2D eigenvalue weighted by atomic mass is 10.0. The third-order valence-electron chi connectivity index (χ3n) is 3.88. The zero-order valence-corrected chi connectivity index (χ0v) is 15.0. The molecule has 0 spiro atoms. The maximum atomic E-state index is 12.0. The van der Waals surface area contributed by atoms with E-state index in [1.807, 2.05) is 24.3 Å². The number of phenols is 1. The molecule has 1 amide bonds. The average Bonchev–Trinajstić information content (AvgIpc) is 2.63. The summed E-state index contributed by atoms with van der Waals surface area (Å²) in [6.45, 7) is 0. The van der Waals surface area contributed by atoms with Crippen LogP contribution >= 0.6 is 15.9 Å². The number of hydrogen-bond donors (Lipinski definition) is 2. The van der Waals surface area contributed by atoms with Gasteiger partial charge in [-0.1, -0.05) is 42.5 Å². The molecule has 3 aromatic carbocycles. The molecule has 0 aliphatic heterocycles. The number of hydrazone groups is 1. The predicted molar refractivity (Wildman–Crippen MR) is 104 cm³/mol. The molecule has 0 bridgehead atoms. The number of rotatable bonds is 5. The Bertz CT molecular complexity index is 933. The second kappa shape index (κ2) is 7.94. The number of amides is 1. The zero-order valence-electron chi connectivity index (χ0n) is 13.4. The van der Waals surface area contributed by atoms with Gasteiger partial charge in [0.1, 0.15) is 5.75 Å². The Hall–Kier alpha value is -2.66. The second-order valence-electron chi connectivity index (χ2n) is 5.64. The first-order valence-corrected chi connectivity index (χ1v) is 8.70. The summed E-state index contributed by atoms with van der Waals surface area (Å²) < 4.78 is 0.582. The summed E-state index contributed by atoms with van der Waals surface area (Å²) in [6.07, 6.45) is 2.57. The van der Waals surface area contributed by atoms with Gasteiger partial charge in [-0.2, -0.15) is 5.10 Å². The molecule has 0 atom stereocenters. The van der Waals surface area contributed by atoms with Crippen LogP contribution in [-0.2, 0) is 11.2 Å². The van der Waals surface area contributed by atoms with Crippen LogP contribution in [0.25, 0.3) is 10.8 Å². The summed E-state index contributed by atoms with van der Waals surface area (Å²) in [5, 5.41) is 15.8. The van der Waals surface area contributed by atoms with E-state index < -0.39 is 0 Å². The zero-order chi connectivity index (χ0) is 17.6. The first-order valence-electron chi connectivity index (χ1n) is 7.90. The van der Waals surface area contributed by atoms with Crippen molar-refractivity contribution in [2.45, 2.75) is 12.8 Å². The van der Waals surface area contributed by atoms with Gasteiger partial charge in [-0.15, -0.1) is 0 Å². The molecule has 0 saturated heterocycles. The molecule has 0 radical (unpaired) electrons. The first-order chi connectivity index (χ1) is 12.1. The van der Waals surface area contributed by atoms with Crippen molar-refractivity contribution >= 4 is 38.8 Å². The summed E-state index contributed by atoms with van der Waals surface area (Å²) in [5.41, 5.74) is 4.47. The molecule has 0 unspecified atom stereocenters. The van der Waals surface area contributed by atoms with E-state index >= 15 is 0 Å². The molecular formula is C20H17BrN2O2. The molecule has 0 fully saturated rings. The summed E-state index contributed by atoms with van der Waals surface area (Å²) in [7, 11) is 0. The molecule has 0 aliphatic rings. The number of fused-ring (bicyclic) bond motifs is 1. The lowest BCUT2D eigenvalue weighted by molar-refractivity contribution is -0.121. The van der Waals surface area contributed by atoms with Gasteiger partial charge in [-0.3, -0.25) is 4.79 Å². The molecule has 0 heterocycles. The van der Waals surface area contributed by atoms with Gasteiger partial charge < -0.3 is 5.11 Å². The molecule has 0 aliphatic carbocycles. The Morgan fingerprint density at radius 2 is 1.92 bits per heavy atom. The monoisotopic (exact) mass is 396 g/mol. The molecular weight excluding hydrogens is 380 g/mol. The van der Waals surface area contributed by atoms with E-state index in [9.17, 15) is 9.90 Å². The van der Waals surface area contributed by atoms with E-state index in [0.717, 1.165) is 11.1 Å². The standard InChI is InChI=1S/C20H17BrN2O2/c21-18-12-14(8-10-19(18)24)13-22-23-20(25)11-9-16-6-3-5-15-4-1-2-7-17(15)16/h1-8,10,12-13,24H,9,11H2,(H,23,25)/b22-13-. The van der Waals surface area contributed by atoms with Gasteiger partial charge in [0.2, 0.25) is 5.91 Å². The fourth-order valence-electron chi connectivity index (χ4n) is 2.60. The van der Waals surface area contributed by atoms with E-state index in [1.165, 1.54) is 10.8 Å². The van der Waals surface area contributed by atoms with E-state index in [0.29, 0.717) is 17.3 Å². The molecule has 25 heavy (non-hydrogen) atoms. The van der Waals surface area contributed by atoms with Crippen molar-refractivity contribution in [3.63, 3.8) is 0 Å². The fraction of sp³-hybridized carbons (Fsp3) is 0.100. The molecule has 126 valence electrons. The maximum absolute atomic E-state index is 12.0. The predicted octanol–water partition coefficient (Wildman–Crippen LogP) is 4.39. The highest BCUT2D eigenvalue weighted by molar-refractivity contribution is 9.10. The van der Waals surface area contributed by atoms with Crippen molar-refractivity contribution in [2.24, 2.45) is 5.10 Å². The van der Waals surface area contributed by atoms with Crippen LogP contribution in [-0.4, -0.2) is 17.2 Å². The molecule has 3 rings (SSSR count). The van der Waals surface area contributed by atoms with Gasteiger partial charge in [0.05, 0.1) is 10.7 Å². The molecule has 0 saturated carbocycles. The molecule has 4 nitrogen and oxygen atoms in total. The highest BCUT2D eigenvalue weighted by atomic mass is 79.9. The minimum absolute atomic E-state index is 0.137. The van der Waals surface area contributed by atoms with Gasteiger partial charge in [-0.05, 0) is 62.4 Å². The Labute approximate surface area is 154 Å². The smallest absolute Gasteiger partial charge is 0.240 e. The van der Waals surface area contributed by atoms with Crippen molar-refractivity contribution in [3.8, 4) is 5.75 Å². The molecule has 2 N–H and O–H groups in total. The second-order valence-corrected chi connectivity index (χ2v) is 6.50. The van der Waals surface area contributed by atoms with Gasteiger partial charge in [0.15, 0.2) is 0 Å². The van der Waals surface area contributed by atoms with Crippen molar-refractivity contribution in [3.05, 3.63) is 76.3 Å². The van der Waals surface area contributed by atoms with Crippen LogP contribution in [0.15, 0.2) is 70.2 Å². The number of benzene rings is 3. The average molecular weight is 397 g/mol. The number of aromatic hydroxyl groups is 1. The Kier molecular flexibility index (Phi) is 5.46. The lowest BCUT2D eigenvalue weighted by Crippen LogP contribution is -2.17. The third kappa shape index (κ3) is 4.45. The minimum atomic E-state index is -0.137. The van der Waals surface area contributed by atoms with Crippen LogP contribution in [0.3, 0.4) is 0 Å². The van der Waals surface area contributed by atoms with Gasteiger partial charge >= 0.3 is 0 Å². The Morgan fingerprint density at radius 3 is 2.76 bits per heavy atom. The third-order valence-corrected chi connectivity index (χ3v) is 4.51. The number of carbonyl (C=O) groups is 1. The lowest BCUT2D eigenvalue weighted by Gasteiger charge is -2.06. The van der Waals surface area contributed by atoms with Crippen LogP contribution in [0, 0.1) is 0 Å². The summed E-state index contributed by atoms with van der Waals surface area (Å²) in [5.74, 6) is 0.0262. The molecule has 5 heteroatoms. The highest BCUT2D eigenvalue weighted by Crippen LogP contribution is 2.23. The van der Waals surface area contributed by atoms with E-state index in [2.05, 4.69) is 44.7 Å². The minimum Gasteiger partial charge on any atom is -0.507 e. The van der Waals surface area contributed by atoms with Crippen molar-refractivity contribution < 1.29 is 9.90 Å². The number of carbonyl (C=O) groups excluding carboxylic acids is 1. The molecule has 0 aromatic heterocycles. The van der Waals surface area contributed by atoms with Crippen LogP contribution in [0.2, 0.25) is 0 Å². The van der Waals surface area contributed by atoms with E-state index in [4.69, 9.17) is 0 Å². The van der Waals surface area contributed by atoms with Crippen LogP contribution < -0.4 is 5.43 Å². The van der Waals surface area contributed by atoms with Gasteiger partial charge in [-0.25, -0.2) is 5.43 Å². The summed E-state index contributed by atoms with van der Waals surface area (Å²) in [4.78, 5) is 12.0. The molecule has 3 aromatic rings. The SMILES string of the molecule is O=C(CCc1cccc2ccccc12)N/N=C\c1ccc(O)c(Br)c1. The van der Waals surface area contributed by atoms with Gasteiger partial charge in [0.25, 0.3) is 0 Å². The Morgan fingerprint density at radius 1 is 1.12 bits per heavy atom. The van der Waals surface area contributed by atoms with E-state index in [1.54, 1.807) is 24.4 Å².